The van der Waals surface area contributed by atoms with Crippen LogP contribution in [-0.4, -0.2) is 42.1 Å². The van der Waals surface area contributed by atoms with Crippen LogP contribution in [0.2, 0.25) is 0 Å². The molecular weight excluding hydrogens is 382 g/mol. The molecule has 7 heteroatoms. The molecule has 5 rings (SSSR count). The monoisotopic (exact) mass is 405 g/mol. The Morgan fingerprint density at radius 2 is 1.70 bits per heavy atom. The zero-order valence-corrected chi connectivity index (χ0v) is 16.6. The molecule has 2 aromatic carbocycles. The fourth-order valence-corrected chi connectivity index (χ4v) is 3.95. The van der Waals surface area contributed by atoms with E-state index in [1.807, 2.05) is 41.3 Å². The van der Waals surface area contributed by atoms with Crippen LogP contribution in [0.4, 0.5) is 5.69 Å². The van der Waals surface area contributed by atoms with Crippen LogP contribution in [0.1, 0.15) is 28.8 Å². The first-order valence-corrected chi connectivity index (χ1v) is 10.3. The minimum Gasteiger partial charge on any atom is -0.486 e. The molecule has 1 amide bonds. The van der Waals surface area contributed by atoms with Gasteiger partial charge in [0.15, 0.2) is 11.5 Å². The second-order valence-corrected chi connectivity index (χ2v) is 7.64. The summed E-state index contributed by atoms with van der Waals surface area (Å²) in [5.74, 6) is 1.43. The van der Waals surface area contributed by atoms with Crippen molar-refractivity contribution < 1.29 is 14.3 Å². The highest BCUT2D eigenvalue weighted by Crippen LogP contribution is 2.33. The molecule has 3 heterocycles. The number of aromatic nitrogens is 1. The molecule has 0 aliphatic carbocycles. The van der Waals surface area contributed by atoms with Crippen LogP contribution in [0.3, 0.4) is 0 Å². The van der Waals surface area contributed by atoms with Crippen LogP contribution in [0, 0.1) is 0 Å². The maximum Gasteiger partial charge on any atom is 0.253 e. The number of nitrogens with zero attached hydrogens (tertiary/aromatic N) is 1. The van der Waals surface area contributed by atoms with Crippen molar-refractivity contribution in [1.29, 1.82) is 0 Å². The lowest BCUT2D eigenvalue weighted by molar-refractivity contribution is 0.0793. The van der Waals surface area contributed by atoms with Gasteiger partial charge in [0.1, 0.15) is 13.2 Å². The van der Waals surface area contributed by atoms with E-state index in [-0.39, 0.29) is 11.5 Å². The lowest BCUT2D eigenvalue weighted by Crippen LogP contribution is -2.27. The first-order valence-electron chi connectivity index (χ1n) is 10.3. The highest BCUT2D eigenvalue weighted by atomic mass is 16.6. The maximum atomic E-state index is 12.5. The predicted octanol–water partition coefficient (Wildman–Crippen LogP) is 3.15. The third kappa shape index (κ3) is 3.58. The summed E-state index contributed by atoms with van der Waals surface area (Å²) < 4.78 is 11.2. The smallest absolute Gasteiger partial charge is 0.253 e. The Morgan fingerprint density at radius 1 is 1.00 bits per heavy atom. The molecule has 0 radical (unpaired) electrons. The average molecular weight is 405 g/mol. The molecule has 0 spiro atoms. The van der Waals surface area contributed by atoms with E-state index in [1.165, 1.54) is 0 Å². The normalized spacial score (nSPS) is 15.4. The van der Waals surface area contributed by atoms with E-state index in [0.717, 1.165) is 42.5 Å². The highest BCUT2D eigenvalue weighted by Gasteiger charge is 2.19. The number of hydrogen-bond donors (Lipinski definition) is 2. The van der Waals surface area contributed by atoms with Gasteiger partial charge in [-0.05, 0) is 49.2 Å². The van der Waals surface area contributed by atoms with Crippen molar-refractivity contribution in [2.75, 3.05) is 31.6 Å². The van der Waals surface area contributed by atoms with Gasteiger partial charge in [-0.25, -0.2) is 0 Å². The predicted molar refractivity (Wildman–Crippen MR) is 114 cm³/mol. The molecule has 0 atom stereocenters. The van der Waals surface area contributed by atoms with E-state index < -0.39 is 0 Å². The van der Waals surface area contributed by atoms with Gasteiger partial charge in [-0.3, -0.25) is 9.59 Å². The summed E-state index contributed by atoms with van der Waals surface area (Å²) in [5, 5.41) is 4.15. The zero-order valence-electron chi connectivity index (χ0n) is 16.6. The molecule has 154 valence electrons. The standard InChI is InChI=1S/C23H23N3O4/c27-22-17(11-16-12-20-21(13-19(16)25-22)30-10-9-29-20)14-24-18-5-3-15(4-6-18)23(28)26-7-1-2-8-26/h3-6,11-13,24H,1-2,7-10,14H2,(H,25,27). The molecule has 0 bridgehead atoms. The van der Waals surface area contributed by atoms with Crippen LogP contribution in [0.25, 0.3) is 10.9 Å². The van der Waals surface area contributed by atoms with Gasteiger partial charge in [0, 0.05) is 47.9 Å². The Morgan fingerprint density at radius 3 is 2.43 bits per heavy atom. The molecular formula is C23H23N3O4. The third-order valence-electron chi connectivity index (χ3n) is 5.59. The second-order valence-electron chi connectivity index (χ2n) is 7.64. The Balaban J connectivity index is 1.31. The van der Waals surface area contributed by atoms with Crippen LogP contribution >= 0.6 is 0 Å². The third-order valence-corrected chi connectivity index (χ3v) is 5.59. The van der Waals surface area contributed by atoms with Crippen LogP contribution in [0.15, 0.2) is 47.3 Å². The van der Waals surface area contributed by atoms with Gasteiger partial charge in [0.25, 0.3) is 11.5 Å². The number of amides is 1. The summed E-state index contributed by atoms with van der Waals surface area (Å²) in [6, 6.07) is 13.0. The van der Waals surface area contributed by atoms with Gasteiger partial charge < -0.3 is 24.7 Å². The lowest BCUT2D eigenvalue weighted by Gasteiger charge is -2.19. The number of carbonyl (C=O) groups is 1. The molecule has 7 nitrogen and oxygen atoms in total. The number of pyridine rings is 1. The van der Waals surface area contributed by atoms with Crippen LogP contribution in [0.5, 0.6) is 11.5 Å². The average Bonchev–Trinajstić information content (AvgIpc) is 3.31. The van der Waals surface area contributed by atoms with Gasteiger partial charge in [-0.1, -0.05) is 0 Å². The summed E-state index contributed by atoms with van der Waals surface area (Å²) in [6.07, 6.45) is 2.15. The van der Waals surface area contributed by atoms with Crippen molar-refractivity contribution in [3.8, 4) is 11.5 Å². The van der Waals surface area contributed by atoms with Crippen molar-refractivity contribution in [3.05, 3.63) is 63.9 Å². The van der Waals surface area contributed by atoms with E-state index >= 15 is 0 Å². The number of ether oxygens (including phenoxy) is 2. The molecule has 1 aromatic heterocycles. The molecule has 1 saturated heterocycles. The van der Waals surface area contributed by atoms with Crippen molar-refractivity contribution in [1.82, 2.24) is 9.88 Å². The number of benzene rings is 2. The van der Waals surface area contributed by atoms with Gasteiger partial charge in [0.2, 0.25) is 0 Å². The quantitative estimate of drug-likeness (QED) is 0.697. The minimum atomic E-state index is -0.146. The Labute approximate surface area is 173 Å². The fraction of sp³-hybridized carbons (Fsp3) is 0.304. The van der Waals surface area contributed by atoms with Crippen molar-refractivity contribution in [2.45, 2.75) is 19.4 Å². The fourth-order valence-electron chi connectivity index (χ4n) is 3.95. The first kappa shape index (κ1) is 18.5. The van der Waals surface area contributed by atoms with Gasteiger partial charge in [0.05, 0.1) is 5.52 Å². The SMILES string of the molecule is O=C(c1ccc(NCc2cc3cc4c(cc3[nH]c2=O)OCCO4)cc1)N1CCCC1. The van der Waals surface area contributed by atoms with E-state index in [1.54, 1.807) is 6.07 Å². The zero-order chi connectivity index (χ0) is 20.5. The first-order chi connectivity index (χ1) is 14.7. The molecule has 2 aliphatic heterocycles. The largest absolute Gasteiger partial charge is 0.486 e. The summed E-state index contributed by atoms with van der Waals surface area (Å²) >= 11 is 0. The number of aromatic amines is 1. The van der Waals surface area contributed by atoms with E-state index in [4.69, 9.17) is 9.47 Å². The lowest BCUT2D eigenvalue weighted by atomic mass is 10.1. The summed E-state index contributed by atoms with van der Waals surface area (Å²) in [6.45, 7) is 3.08. The Hall–Kier alpha value is -3.48. The number of anilines is 1. The Kier molecular flexibility index (Phi) is 4.78. The van der Waals surface area contributed by atoms with Crippen LogP contribution in [-0.2, 0) is 6.54 Å². The number of H-pyrrole nitrogens is 1. The van der Waals surface area contributed by atoms with E-state index in [0.29, 0.717) is 42.4 Å². The number of fused-ring (bicyclic) bond motifs is 2. The highest BCUT2D eigenvalue weighted by molar-refractivity contribution is 5.94. The van der Waals surface area contributed by atoms with Gasteiger partial charge in [-0.2, -0.15) is 0 Å². The number of hydrogen-bond acceptors (Lipinski definition) is 5. The van der Waals surface area contributed by atoms with E-state index in [2.05, 4.69) is 10.3 Å². The summed E-state index contributed by atoms with van der Waals surface area (Å²) in [7, 11) is 0. The van der Waals surface area contributed by atoms with E-state index in [9.17, 15) is 9.59 Å². The number of rotatable bonds is 4. The van der Waals surface area contributed by atoms with Gasteiger partial charge >= 0.3 is 0 Å². The second kappa shape index (κ2) is 7.74. The summed E-state index contributed by atoms with van der Waals surface area (Å²) in [5.41, 5.74) is 2.74. The number of likely N-dealkylation sites (tertiary alicyclic amines) is 1. The number of nitrogens with one attached hydrogen (secondary N) is 2. The van der Waals surface area contributed by atoms with Crippen LogP contribution < -0.4 is 20.3 Å². The molecule has 0 saturated carbocycles. The van der Waals surface area contributed by atoms with Crippen molar-refractivity contribution in [3.63, 3.8) is 0 Å². The molecule has 0 unspecified atom stereocenters. The summed E-state index contributed by atoms with van der Waals surface area (Å²) in [4.78, 5) is 29.8. The minimum absolute atomic E-state index is 0.0829. The van der Waals surface area contributed by atoms with Gasteiger partial charge in [-0.15, -0.1) is 0 Å². The molecule has 2 N–H and O–H groups in total. The molecule has 2 aliphatic rings. The maximum absolute atomic E-state index is 12.5. The molecule has 1 fully saturated rings. The molecule has 30 heavy (non-hydrogen) atoms. The molecule has 3 aromatic rings. The Bertz CT molecular complexity index is 1150. The topological polar surface area (TPSA) is 83.7 Å². The number of carbonyl (C=O) groups excluding carboxylic acids is 1. The van der Waals surface area contributed by atoms with Crippen molar-refractivity contribution in [2.24, 2.45) is 0 Å². The van der Waals surface area contributed by atoms with Crippen molar-refractivity contribution >= 4 is 22.5 Å².